The summed E-state index contributed by atoms with van der Waals surface area (Å²) in [7, 11) is 0. The Morgan fingerprint density at radius 2 is 1.72 bits per heavy atom. The van der Waals surface area contributed by atoms with E-state index in [2.05, 4.69) is 56.7 Å². The van der Waals surface area contributed by atoms with Crippen LogP contribution in [0.25, 0.3) is 0 Å². The van der Waals surface area contributed by atoms with Gasteiger partial charge in [0.25, 0.3) is 5.91 Å². The minimum atomic E-state index is -0.262. The summed E-state index contributed by atoms with van der Waals surface area (Å²) in [5, 5.41) is 3.14. The summed E-state index contributed by atoms with van der Waals surface area (Å²) < 4.78 is 11.6. The zero-order valence-corrected chi connectivity index (χ0v) is 27.2. The number of ether oxygens (including phenoxy) is 2. The molecule has 43 heavy (non-hydrogen) atoms. The fraction of sp³-hybridized carbons (Fsp3) is 0.758. The van der Waals surface area contributed by atoms with Gasteiger partial charge in [0.1, 0.15) is 12.3 Å². The van der Waals surface area contributed by atoms with E-state index in [-0.39, 0.29) is 46.3 Å². The Balaban J connectivity index is 1.52. The zero-order chi connectivity index (χ0) is 31.2. The molecule has 0 unspecified atom stereocenters. The molecule has 0 saturated carbocycles. The second kappa shape index (κ2) is 14.4. The van der Waals surface area contributed by atoms with Crippen LogP contribution in [-0.2, 0) is 14.3 Å². The number of piperidine rings is 1. The smallest absolute Gasteiger partial charge is 0.270 e. The van der Waals surface area contributed by atoms with Crippen molar-refractivity contribution in [2.24, 2.45) is 16.7 Å². The molecule has 2 atom stereocenters. The monoisotopic (exact) mass is 599 g/mol. The Kier molecular flexibility index (Phi) is 11.1. The number of amides is 3. The number of carbonyl (C=O) groups excluding carboxylic acids is 3. The maximum absolute atomic E-state index is 13.9. The van der Waals surface area contributed by atoms with Crippen LogP contribution in [-0.4, -0.2) is 109 Å². The molecule has 0 spiro atoms. The van der Waals surface area contributed by atoms with Gasteiger partial charge in [0.15, 0.2) is 0 Å². The molecule has 6 bridgehead atoms. The summed E-state index contributed by atoms with van der Waals surface area (Å²) in [6.07, 6.45) is 3.76. The first-order valence-corrected chi connectivity index (χ1v) is 16.1. The summed E-state index contributed by atoms with van der Waals surface area (Å²) >= 11 is 0. The van der Waals surface area contributed by atoms with Crippen LogP contribution >= 0.6 is 0 Å². The topological polar surface area (TPSA) is 104 Å². The van der Waals surface area contributed by atoms with Crippen molar-refractivity contribution in [3.05, 3.63) is 23.9 Å². The Morgan fingerprint density at radius 1 is 0.977 bits per heavy atom. The lowest BCUT2D eigenvalue weighted by atomic mass is 9.90. The highest BCUT2D eigenvalue weighted by Crippen LogP contribution is 2.28. The van der Waals surface area contributed by atoms with Gasteiger partial charge in [0.05, 0.1) is 19.3 Å². The number of nitrogens with zero attached hydrogens (tertiary/aromatic N) is 4. The van der Waals surface area contributed by atoms with E-state index in [0.29, 0.717) is 77.2 Å². The average molecular weight is 600 g/mol. The molecule has 4 aliphatic heterocycles. The van der Waals surface area contributed by atoms with Crippen LogP contribution in [0.15, 0.2) is 18.2 Å². The third-order valence-electron chi connectivity index (χ3n) is 8.55. The minimum absolute atomic E-state index is 0.0979. The maximum Gasteiger partial charge on any atom is 0.270 e. The van der Waals surface area contributed by atoms with Gasteiger partial charge < -0.3 is 24.6 Å². The van der Waals surface area contributed by atoms with E-state index in [1.807, 2.05) is 9.80 Å². The van der Waals surface area contributed by atoms with Gasteiger partial charge in [-0.1, -0.05) is 47.6 Å². The number of rotatable bonds is 3. The minimum Gasteiger partial charge on any atom is -0.475 e. The van der Waals surface area contributed by atoms with Crippen LogP contribution in [0.5, 0.6) is 5.88 Å². The molecular formula is C33H53N5O5. The highest BCUT2D eigenvalue weighted by atomic mass is 16.5. The van der Waals surface area contributed by atoms with Gasteiger partial charge in [-0.25, -0.2) is 4.98 Å². The molecule has 10 heteroatoms. The molecule has 240 valence electrons. The number of pyridine rings is 1. The molecule has 1 N–H and O–H groups in total. The Morgan fingerprint density at radius 3 is 2.42 bits per heavy atom. The fourth-order valence-corrected chi connectivity index (χ4v) is 6.10. The molecule has 10 nitrogen and oxygen atoms in total. The number of hydrogen-bond donors (Lipinski definition) is 1. The maximum atomic E-state index is 13.9. The average Bonchev–Trinajstić information content (AvgIpc) is 3.34. The third kappa shape index (κ3) is 10.2. The standard InChI is InChI=1S/C33H53N5O5/c1-32(2,3)12-15-37-23-25-20-27(37)31(41)36-13-10-24(11-14-36)22-38(29(39)21-33(4,5)6)16-17-42-18-19-43-28-9-7-8-26(35-28)30(40)34-25/h7-9,24-25,27H,10-23H2,1-6H3,(H,34,40)/t25-,27-/m0/s1. The van der Waals surface area contributed by atoms with E-state index in [9.17, 15) is 14.4 Å². The van der Waals surface area contributed by atoms with Crippen molar-refractivity contribution >= 4 is 17.7 Å². The number of aromatic nitrogens is 1. The van der Waals surface area contributed by atoms with Gasteiger partial charge in [-0.3, -0.25) is 19.3 Å². The van der Waals surface area contributed by atoms with Gasteiger partial charge in [0.2, 0.25) is 17.7 Å². The van der Waals surface area contributed by atoms with Crippen molar-refractivity contribution in [2.75, 3.05) is 59.1 Å². The number of likely N-dealkylation sites (tertiary alicyclic amines) is 1. The quantitative estimate of drug-likeness (QED) is 0.530. The van der Waals surface area contributed by atoms with Crippen molar-refractivity contribution in [1.82, 2.24) is 25.0 Å². The lowest BCUT2D eigenvalue weighted by molar-refractivity contribution is -0.139. The number of carbonyl (C=O) groups is 3. The molecule has 5 rings (SSSR count). The summed E-state index contributed by atoms with van der Waals surface area (Å²) in [5.41, 5.74) is 0.330. The molecule has 1 aromatic heterocycles. The normalized spacial score (nSPS) is 25.2. The van der Waals surface area contributed by atoms with Crippen LogP contribution in [0.1, 0.15) is 84.1 Å². The Hall–Kier alpha value is -2.72. The molecule has 2 saturated heterocycles. The van der Waals surface area contributed by atoms with Gasteiger partial charge >= 0.3 is 0 Å². The Labute approximate surface area is 257 Å². The van der Waals surface area contributed by atoms with Crippen LogP contribution < -0.4 is 10.1 Å². The summed E-state index contributed by atoms with van der Waals surface area (Å²) in [4.78, 5) is 51.0. The van der Waals surface area contributed by atoms with E-state index < -0.39 is 0 Å². The lowest BCUT2D eigenvalue weighted by Gasteiger charge is -2.38. The molecule has 2 fully saturated rings. The van der Waals surface area contributed by atoms with E-state index in [1.165, 1.54) is 0 Å². The summed E-state index contributed by atoms with van der Waals surface area (Å²) in [6.45, 7) is 18.0. The van der Waals surface area contributed by atoms with Crippen LogP contribution in [0, 0.1) is 16.7 Å². The first-order chi connectivity index (χ1) is 20.3. The van der Waals surface area contributed by atoms with E-state index in [1.54, 1.807) is 18.2 Å². The van der Waals surface area contributed by atoms with Crippen LogP contribution in [0.2, 0.25) is 0 Å². The molecule has 5 heterocycles. The number of fused-ring (bicyclic) bond motifs is 10. The number of hydrogen-bond acceptors (Lipinski definition) is 7. The van der Waals surface area contributed by atoms with E-state index in [0.717, 1.165) is 25.8 Å². The second-order valence-electron chi connectivity index (χ2n) is 14.9. The molecule has 0 aromatic carbocycles. The fourth-order valence-electron chi connectivity index (χ4n) is 6.10. The summed E-state index contributed by atoms with van der Waals surface area (Å²) in [5.74, 6) is 0.740. The van der Waals surface area contributed by atoms with Gasteiger partial charge in [-0.2, -0.15) is 0 Å². The highest BCUT2D eigenvalue weighted by Gasteiger charge is 2.40. The predicted octanol–water partition coefficient (Wildman–Crippen LogP) is 3.60. The molecular weight excluding hydrogens is 546 g/mol. The zero-order valence-electron chi connectivity index (χ0n) is 27.2. The Bertz CT molecular complexity index is 1110. The van der Waals surface area contributed by atoms with Gasteiger partial charge in [-0.15, -0.1) is 0 Å². The van der Waals surface area contributed by atoms with Crippen molar-refractivity contribution < 1.29 is 23.9 Å². The van der Waals surface area contributed by atoms with Crippen molar-refractivity contribution in [3.8, 4) is 5.88 Å². The predicted molar refractivity (Wildman–Crippen MR) is 166 cm³/mol. The number of nitrogens with one attached hydrogen (secondary N) is 1. The molecule has 0 aliphatic carbocycles. The molecule has 1 aromatic rings. The first kappa shape index (κ1) is 33.2. The van der Waals surface area contributed by atoms with Gasteiger partial charge in [0, 0.05) is 51.3 Å². The molecule has 0 radical (unpaired) electrons. The molecule has 4 aliphatic rings. The van der Waals surface area contributed by atoms with E-state index >= 15 is 0 Å². The summed E-state index contributed by atoms with van der Waals surface area (Å²) in [6, 6.07) is 4.75. The van der Waals surface area contributed by atoms with E-state index in [4.69, 9.17) is 9.47 Å². The third-order valence-corrected chi connectivity index (χ3v) is 8.55. The highest BCUT2D eigenvalue weighted by molar-refractivity contribution is 5.92. The van der Waals surface area contributed by atoms with Crippen LogP contribution in [0.4, 0.5) is 0 Å². The second-order valence-corrected chi connectivity index (χ2v) is 14.9. The first-order valence-electron chi connectivity index (χ1n) is 16.1. The van der Waals surface area contributed by atoms with Crippen molar-refractivity contribution in [3.63, 3.8) is 0 Å². The van der Waals surface area contributed by atoms with Crippen LogP contribution in [0.3, 0.4) is 0 Å². The SMILES string of the molecule is CC(C)(C)CCN1C[C@@H]2C[C@H]1C(=O)N1CCC(CC1)CN(C(=O)CC(C)(C)C)CCOCCOc1cccc(n1)C(=O)N2. The lowest BCUT2D eigenvalue weighted by Crippen LogP contribution is -2.50. The van der Waals surface area contributed by atoms with Gasteiger partial charge in [-0.05, 0) is 55.0 Å². The van der Waals surface area contributed by atoms with Crippen molar-refractivity contribution in [2.45, 2.75) is 85.7 Å². The largest absolute Gasteiger partial charge is 0.475 e. The van der Waals surface area contributed by atoms with Crippen molar-refractivity contribution in [1.29, 1.82) is 0 Å². The molecule has 3 amide bonds.